The maximum absolute atomic E-state index is 13.0. The predicted molar refractivity (Wildman–Crippen MR) is 222 cm³/mol. The third kappa shape index (κ3) is 12.7. The van der Waals surface area contributed by atoms with Gasteiger partial charge >= 0.3 is 41.8 Å². The van der Waals surface area contributed by atoms with E-state index in [2.05, 4.69) is 4.74 Å². The maximum Gasteiger partial charge on any atom is 0.333 e. The van der Waals surface area contributed by atoms with Crippen LogP contribution in [0.1, 0.15) is 62.3 Å². The molecule has 2 fully saturated rings. The van der Waals surface area contributed by atoms with Crippen molar-refractivity contribution in [3.8, 4) is 0 Å². The lowest BCUT2D eigenvalue weighted by atomic mass is 9.97. The molecule has 0 spiro atoms. The highest BCUT2D eigenvalue weighted by Gasteiger charge is 2.65. The molecule has 0 aromatic heterocycles. The van der Waals surface area contributed by atoms with Gasteiger partial charge in [0, 0.05) is 41.5 Å². The number of carbonyl (C=O) groups is 7. The zero-order valence-corrected chi connectivity index (χ0v) is 38.4. The second kappa shape index (κ2) is 22.3. The molecule has 2 saturated heterocycles. The van der Waals surface area contributed by atoms with Crippen LogP contribution in [-0.4, -0.2) is 132 Å². The van der Waals surface area contributed by atoms with E-state index in [4.69, 9.17) is 51.8 Å². The Morgan fingerprint density at radius 3 is 1.62 bits per heavy atom. The second-order valence-corrected chi connectivity index (χ2v) is 20.2. The van der Waals surface area contributed by atoms with Crippen molar-refractivity contribution < 1.29 is 90.1 Å². The molecule has 0 saturated carbocycles. The molecular weight excluding hydrogens is 861 g/mol. The van der Waals surface area contributed by atoms with Crippen molar-refractivity contribution in [2.24, 2.45) is 0 Å². The van der Waals surface area contributed by atoms with E-state index in [9.17, 15) is 33.6 Å². The molecule has 4 rings (SSSR count). The zero-order valence-electron chi connectivity index (χ0n) is 37.4. The first-order valence-electron chi connectivity index (χ1n) is 20.3. The molecule has 2 aliphatic heterocycles. The molecule has 19 nitrogen and oxygen atoms in total. The van der Waals surface area contributed by atoms with E-state index >= 15 is 0 Å². The van der Waals surface area contributed by atoms with Gasteiger partial charge in [-0.15, -0.1) is 0 Å². The van der Waals surface area contributed by atoms with Gasteiger partial charge in [-0.1, -0.05) is 81.4 Å². The number of carbonyl (C=O) groups excluding carboxylic acids is 7. The number of ether oxygens (including phenoxy) is 11. The van der Waals surface area contributed by atoms with Gasteiger partial charge in [0.15, 0.2) is 30.5 Å². The standard InChI is InChI=1S/C44H56O19Si/c1-26(45)54-25-44(63-42-40(59-30(5)49)39(58-29(4)48)37(56-27(2)46)34(61-42)23-53-22-21-36(51)52-10)41(60-31(6)50)38(57-28(3)47)35(62-44)24-55-64(43(7,8)9,32-17-13-11-14-18-32)33-19-15-12-16-20-33/h11-22,34-35,37-42H,23-25H2,1-10H3/b22-21+/t34-,35-,37-,38-,39+,40-,41+,42-,44+/m1/s1. The fourth-order valence-electron chi connectivity index (χ4n) is 7.65. The van der Waals surface area contributed by atoms with Crippen molar-refractivity contribution in [2.75, 3.05) is 26.9 Å². The van der Waals surface area contributed by atoms with Crippen LogP contribution in [0.15, 0.2) is 73.0 Å². The van der Waals surface area contributed by atoms with Crippen LogP contribution in [0, 0.1) is 0 Å². The average Bonchev–Trinajstić information content (AvgIpc) is 3.47. The van der Waals surface area contributed by atoms with Crippen LogP contribution >= 0.6 is 0 Å². The summed E-state index contributed by atoms with van der Waals surface area (Å²) in [6, 6.07) is 19.2. The molecule has 2 aliphatic rings. The van der Waals surface area contributed by atoms with E-state index in [1.807, 2.05) is 81.4 Å². The van der Waals surface area contributed by atoms with Gasteiger partial charge in [-0.25, -0.2) is 4.79 Å². The topological polar surface area (TPSA) is 230 Å². The van der Waals surface area contributed by atoms with Crippen molar-refractivity contribution in [2.45, 2.75) is 122 Å². The van der Waals surface area contributed by atoms with Crippen molar-refractivity contribution in [1.29, 1.82) is 0 Å². The summed E-state index contributed by atoms with van der Waals surface area (Å²) in [4.78, 5) is 88.2. The Bertz CT molecular complexity index is 1940. The van der Waals surface area contributed by atoms with Crippen LogP contribution in [0.4, 0.5) is 0 Å². The lowest BCUT2D eigenvalue weighted by Crippen LogP contribution is -2.67. The maximum atomic E-state index is 13.0. The Morgan fingerprint density at radius 1 is 0.641 bits per heavy atom. The van der Waals surface area contributed by atoms with E-state index in [0.717, 1.165) is 71.4 Å². The lowest BCUT2D eigenvalue weighted by Gasteiger charge is -2.46. The second-order valence-electron chi connectivity index (χ2n) is 15.9. The van der Waals surface area contributed by atoms with Crippen LogP contribution in [0.2, 0.25) is 5.04 Å². The quantitative estimate of drug-likeness (QED) is 0.0687. The molecule has 0 amide bonds. The molecule has 0 bridgehead atoms. The number of esters is 7. The van der Waals surface area contributed by atoms with Crippen molar-refractivity contribution in [3.63, 3.8) is 0 Å². The minimum atomic E-state index is -3.35. The van der Waals surface area contributed by atoms with E-state index in [-0.39, 0.29) is 6.61 Å². The first-order chi connectivity index (χ1) is 30.1. The minimum absolute atomic E-state index is 0.333. The van der Waals surface area contributed by atoms with E-state index in [1.165, 1.54) is 0 Å². The molecule has 0 unspecified atom stereocenters. The molecule has 64 heavy (non-hydrogen) atoms. The number of benzene rings is 2. The number of hydrogen-bond acceptors (Lipinski definition) is 19. The summed E-state index contributed by atoms with van der Waals surface area (Å²) in [5.41, 5.74) is 0. The van der Waals surface area contributed by atoms with Crippen molar-refractivity contribution >= 4 is 60.5 Å². The lowest BCUT2D eigenvalue weighted by molar-refractivity contribution is -0.384. The largest absolute Gasteiger partial charge is 0.498 e. The monoisotopic (exact) mass is 916 g/mol. The molecule has 20 heteroatoms. The highest BCUT2D eigenvalue weighted by atomic mass is 28.4. The smallest absolute Gasteiger partial charge is 0.333 e. The van der Waals surface area contributed by atoms with E-state index in [1.54, 1.807) is 0 Å². The van der Waals surface area contributed by atoms with E-state index < -0.39 is 123 Å². The highest BCUT2D eigenvalue weighted by molar-refractivity contribution is 6.99. The fraction of sp³-hybridized carbons (Fsp3) is 0.523. The van der Waals surface area contributed by atoms with Gasteiger partial charge in [0.1, 0.15) is 25.4 Å². The molecule has 0 radical (unpaired) electrons. The van der Waals surface area contributed by atoms with Crippen LogP contribution in [0.25, 0.3) is 0 Å². The molecule has 350 valence electrons. The van der Waals surface area contributed by atoms with Crippen LogP contribution in [0.5, 0.6) is 0 Å². The molecule has 0 N–H and O–H groups in total. The summed E-state index contributed by atoms with van der Waals surface area (Å²) < 4.78 is 70.8. The Labute approximate surface area is 371 Å². The highest BCUT2D eigenvalue weighted by Crippen LogP contribution is 2.43. The fourth-order valence-corrected chi connectivity index (χ4v) is 12.2. The molecular formula is C44H56O19Si. The Morgan fingerprint density at radius 2 is 1.14 bits per heavy atom. The summed E-state index contributed by atoms with van der Waals surface area (Å²) >= 11 is 0. The molecule has 9 atom stereocenters. The first kappa shape index (κ1) is 51.0. The first-order valence-corrected chi connectivity index (χ1v) is 22.2. The minimum Gasteiger partial charge on any atom is -0.498 e. The third-order valence-electron chi connectivity index (χ3n) is 9.98. The SMILES string of the molecule is COC(=O)/C=C/OC[C@H]1O[C@H](O[C@]2(COC(C)=O)O[C@H](CO[Si](c3ccccc3)(c3ccccc3)C(C)(C)C)[C@@H](OC(C)=O)[C@@H]2OC(C)=O)[C@H](OC(C)=O)[C@@H](OC(C)=O)[C@@H]1OC(C)=O. The van der Waals surface area contributed by atoms with Gasteiger partial charge in [-0.2, -0.15) is 0 Å². The van der Waals surface area contributed by atoms with Gasteiger partial charge in [0.2, 0.25) is 12.1 Å². The van der Waals surface area contributed by atoms with Crippen molar-refractivity contribution in [1.82, 2.24) is 0 Å². The van der Waals surface area contributed by atoms with Gasteiger partial charge in [0.05, 0.1) is 26.1 Å². The summed E-state index contributed by atoms with van der Waals surface area (Å²) in [5.74, 6) is -8.55. The number of rotatable bonds is 18. The summed E-state index contributed by atoms with van der Waals surface area (Å²) in [5, 5.41) is 1.23. The van der Waals surface area contributed by atoms with Crippen molar-refractivity contribution in [3.05, 3.63) is 73.0 Å². The van der Waals surface area contributed by atoms with Crippen LogP contribution in [0.3, 0.4) is 0 Å². The van der Waals surface area contributed by atoms with Gasteiger partial charge in [0.25, 0.3) is 8.32 Å². The Hall–Kier alpha value is -5.67. The molecule has 2 aromatic rings. The number of methoxy groups -OCH3 is 1. The van der Waals surface area contributed by atoms with Gasteiger partial charge in [-0.05, 0) is 15.4 Å². The Kier molecular flexibility index (Phi) is 17.8. The normalized spacial score (nSPS) is 25.7. The zero-order chi connectivity index (χ0) is 47.4. The third-order valence-corrected chi connectivity index (χ3v) is 15.0. The summed E-state index contributed by atoms with van der Waals surface area (Å²) in [6.07, 6.45) is -11.1. The summed E-state index contributed by atoms with van der Waals surface area (Å²) in [6.45, 7) is 10.8. The van der Waals surface area contributed by atoms with E-state index in [0.29, 0.717) is 0 Å². The Balaban J connectivity index is 1.92. The number of hydrogen-bond donors (Lipinski definition) is 0. The molecule has 2 aromatic carbocycles. The summed E-state index contributed by atoms with van der Waals surface area (Å²) in [7, 11) is -2.21. The molecule has 0 aliphatic carbocycles. The van der Waals surface area contributed by atoms with Gasteiger partial charge in [-0.3, -0.25) is 28.8 Å². The average molecular weight is 917 g/mol. The molecule has 2 heterocycles. The van der Waals surface area contributed by atoms with Crippen LogP contribution < -0.4 is 10.4 Å². The predicted octanol–water partition coefficient (Wildman–Crippen LogP) is 2.32. The van der Waals surface area contributed by atoms with Gasteiger partial charge < -0.3 is 56.5 Å². The van der Waals surface area contributed by atoms with Crippen LogP contribution in [-0.2, 0) is 90.1 Å².